The van der Waals surface area contributed by atoms with E-state index in [0.717, 1.165) is 10.9 Å². The fourth-order valence-corrected chi connectivity index (χ4v) is 2.83. The van der Waals surface area contributed by atoms with Gasteiger partial charge in [0.1, 0.15) is 0 Å². The molecular formula is C13H16BrNO2. The minimum atomic E-state index is -0.263. The summed E-state index contributed by atoms with van der Waals surface area (Å²) in [5, 5.41) is 0. The molecule has 1 aromatic carbocycles. The minimum absolute atomic E-state index is 0.218. The number of benzene rings is 1. The molecule has 3 nitrogen and oxygen atoms in total. The fraction of sp³-hybridized carbons (Fsp3) is 0.462. The molecule has 1 amide bonds. The molecule has 0 aromatic heterocycles. The number of halogens is 1. The number of amides is 1. The molecule has 4 heteroatoms. The number of carbonyl (C=O) groups excluding carboxylic acids is 1. The van der Waals surface area contributed by atoms with Crippen molar-refractivity contribution in [2.24, 2.45) is 0 Å². The van der Waals surface area contributed by atoms with Crippen LogP contribution >= 0.6 is 15.9 Å². The highest BCUT2D eigenvalue weighted by atomic mass is 79.9. The van der Waals surface area contributed by atoms with Crippen LogP contribution in [0.2, 0.25) is 0 Å². The van der Waals surface area contributed by atoms with Crippen LogP contribution in [0, 0.1) is 0 Å². The van der Waals surface area contributed by atoms with Gasteiger partial charge in [0.2, 0.25) is 0 Å². The van der Waals surface area contributed by atoms with Crippen molar-refractivity contribution >= 4 is 22.0 Å². The highest BCUT2D eigenvalue weighted by Crippen LogP contribution is 2.34. The Labute approximate surface area is 110 Å². The van der Waals surface area contributed by atoms with E-state index in [1.165, 1.54) is 18.2 Å². The zero-order valence-electron chi connectivity index (χ0n) is 10.3. The zero-order valence-corrected chi connectivity index (χ0v) is 11.9. The van der Waals surface area contributed by atoms with Gasteiger partial charge >= 0.3 is 6.09 Å². The van der Waals surface area contributed by atoms with Crippen LogP contribution in [0.4, 0.5) is 4.79 Å². The van der Waals surface area contributed by atoms with Crippen molar-refractivity contribution in [3.05, 3.63) is 33.8 Å². The summed E-state index contributed by atoms with van der Waals surface area (Å²) in [5.74, 6) is 0. The van der Waals surface area contributed by atoms with Crippen molar-refractivity contribution in [1.82, 2.24) is 4.90 Å². The molecule has 0 spiro atoms. The summed E-state index contributed by atoms with van der Waals surface area (Å²) in [6.45, 7) is 4.73. The van der Waals surface area contributed by atoms with Gasteiger partial charge in [0.15, 0.2) is 0 Å². The van der Waals surface area contributed by atoms with E-state index in [4.69, 9.17) is 4.74 Å². The summed E-state index contributed by atoms with van der Waals surface area (Å²) in [6.07, 6.45) is 0.569. The molecule has 17 heavy (non-hydrogen) atoms. The first-order chi connectivity index (χ1) is 7.95. The summed E-state index contributed by atoms with van der Waals surface area (Å²) in [7, 11) is 1.43. The fourth-order valence-electron chi connectivity index (χ4n) is 2.28. The zero-order chi connectivity index (χ0) is 12.6. The van der Waals surface area contributed by atoms with Crippen LogP contribution in [0.5, 0.6) is 0 Å². The first-order valence-electron chi connectivity index (χ1n) is 5.57. The van der Waals surface area contributed by atoms with Gasteiger partial charge in [0.05, 0.1) is 7.11 Å². The highest BCUT2D eigenvalue weighted by molar-refractivity contribution is 9.10. The number of nitrogens with zero attached hydrogens (tertiary/aromatic N) is 1. The lowest BCUT2D eigenvalue weighted by molar-refractivity contribution is 0.0656. The van der Waals surface area contributed by atoms with Crippen LogP contribution in [0.1, 0.15) is 25.0 Å². The second kappa shape index (κ2) is 4.33. The van der Waals surface area contributed by atoms with Gasteiger partial charge in [-0.1, -0.05) is 28.1 Å². The molecule has 0 atom stereocenters. The number of methoxy groups -OCH3 is 1. The summed E-state index contributed by atoms with van der Waals surface area (Å²) < 4.78 is 5.96. The lowest BCUT2D eigenvalue weighted by atomic mass is 9.86. The van der Waals surface area contributed by atoms with E-state index in [1.54, 1.807) is 4.90 Å². The minimum Gasteiger partial charge on any atom is -0.453 e. The van der Waals surface area contributed by atoms with Crippen LogP contribution in [-0.4, -0.2) is 23.6 Å². The maximum Gasteiger partial charge on any atom is 0.410 e. The van der Waals surface area contributed by atoms with E-state index < -0.39 is 0 Å². The average molecular weight is 298 g/mol. The summed E-state index contributed by atoms with van der Waals surface area (Å²) in [6, 6.07) is 6.10. The number of hydrogen-bond donors (Lipinski definition) is 0. The van der Waals surface area contributed by atoms with Gasteiger partial charge in [-0.15, -0.1) is 0 Å². The molecule has 92 valence electrons. The molecule has 1 aromatic rings. The highest BCUT2D eigenvalue weighted by Gasteiger charge is 2.37. The molecule has 1 heterocycles. The quantitative estimate of drug-likeness (QED) is 0.735. The van der Waals surface area contributed by atoms with Gasteiger partial charge in [-0.25, -0.2) is 4.79 Å². The number of fused-ring (bicyclic) bond motifs is 1. The Morgan fingerprint density at radius 2 is 2.18 bits per heavy atom. The van der Waals surface area contributed by atoms with Crippen molar-refractivity contribution < 1.29 is 9.53 Å². The molecule has 0 radical (unpaired) electrons. The lowest BCUT2D eigenvalue weighted by Gasteiger charge is -2.42. The van der Waals surface area contributed by atoms with Crippen LogP contribution in [0.25, 0.3) is 0 Å². The average Bonchev–Trinajstić information content (AvgIpc) is 2.28. The topological polar surface area (TPSA) is 29.5 Å². The molecule has 1 aliphatic rings. The maximum atomic E-state index is 11.8. The van der Waals surface area contributed by atoms with Gasteiger partial charge in [-0.05, 0) is 37.5 Å². The normalized spacial score (nSPS) is 17.5. The molecule has 2 rings (SSSR count). The van der Waals surface area contributed by atoms with Crippen molar-refractivity contribution in [2.45, 2.75) is 32.4 Å². The van der Waals surface area contributed by atoms with E-state index in [0.29, 0.717) is 6.54 Å². The van der Waals surface area contributed by atoms with Gasteiger partial charge in [0, 0.05) is 16.6 Å². The van der Waals surface area contributed by atoms with Crippen molar-refractivity contribution in [2.75, 3.05) is 7.11 Å². The van der Waals surface area contributed by atoms with Crippen LogP contribution in [0.3, 0.4) is 0 Å². The number of ether oxygens (including phenoxy) is 1. The van der Waals surface area contributed by atoms with E-state index in [-0.39, 0.29) is 11.6 Å². The van der Waals surface area contributed by atoms with Crippen molar-refractivity contribution in [3.8, 4) is 0 Å². The summed E-state index contributed by atoms with van der Waals surface area (Å²) >= 11 is 3.57. The van der Waals surface area contributed by atoms with E-state index in [2.05, 4.69) is 35.8 Å². The Morgan fingerprint density at radius 3 is 2.82 bits per heavy atom. The third-order valence-corrected chi connectivity index (χ3v) is 4.02. The van der Waals surface area contributed by atoms with Crippen LogP contribution < -0.4 is 0 Å². The van der Waals surface area contributed by atoms with Crippen LogP contribution in [-0.2, 0) is 17.7 Å². The molecule has 0 N–H and O–H groups in total. The standard InChI is InChI=1S/C13H16BrNO2/c1-13(2)7-10-9(5-4-6-11(10)14)8-15(13)12(16)17-3/h4-6H,7-8H2,1-3H3. The Bertz CT molecular complexity index is 457. The number of carbonyl (C=O) groups is 1. The monoisotopic (exact) mass is 297 g/mol. The summed E-state index contributed by atoms with van der Waals surface area (Å²) in [5.41, 5.74) is 2.26. The van der Waals surface area contributed by atoms with Gasteiger partial charge in [-0.3, -0.25) is 4.90 Å². The van der Waals surface area contributed by atoms with E-state index in [1.807, 2.05) is 12.1 Å². The summed E-state index contributed by atoms with van der Waals surface area (Å²) in [4.78, 5) is 13.5. The predicted molar refractivity (Wildman–Crippen MR) is 69.9 cm³/mol. The molecule has 0 saturated carbocycles. The predicted octanol–water partition coefficient (Wildman–Crippen LogP) is 3.35. The maximum absolute atomic E-state index is 11.8. The van der Waals surface area contributed by atoms with Crippen LogP contribution in [0.15, 0.2) is 22.7 Å². The molecule has 0 bridgehead atoms. The molecule has 0 unspecified atom stereocenters. The van der Waals surface area contributed by atoms with Crippen molar-refractivity contribution in [3.63, 3.8) is 0 Å². The first-order valence-corrected chi connectivity index (χ1v) is 6.37. The Kier molecular flexibility index (Phi) is 3.17. The third-order valence-electron chi connectivity index (χ3n) is 3.28. The first kappa shape index (κ1) is 12.4. The second-order valence-corrected chi connectivity index (χ2v) is 5.78. The molecule has 0 fully saturated rings. The molecule has 0 saturated heterocycles. The van der Waals surface area contributed by atoms with E-state index in [9.17, 15) is 4.79 Å². The molecule has 0 aliphatic carbocycles. The SMILES string of the molecule is COC(=O)N1Cc2cccc(Br)c2CC1(C)C. The molecule has 1 aliphatic heterocycles. The Hall–Kier alpha value is -1.03. The van der Waals surface area contributed by atoms with Gasteiger partial charge in [-0.2, -0.15) is 0 Å². The van der Waals surface area contributed by atoms with E-state index >= 15 is 0 Å². The van der Waals surface area contributed by atoms with Gasteiger partial charge < -0.3 is 4.74 Å². The largest absolute Gasteiger partial charge is 0.453 e. The third kappa shape index (κ3) is 2.18. The van der Waals surface area contributed by atoms with Crippen molar-refractivity contribution in [1.29, 1.82) is 0 Å². The van der Waals surface area contributed by atoms with Gasteiger partial charge in [0.25, 0.3) is 0 Å². The Balaban J connectivity index is 2.41. The number of hydrogen-bond acceptors (Lipinski definition) is 2. The molecular weight excluding hydrogens is 282 g/mol. The lowest BCUT2D eigenvalue weighted by Crippen LogP contribution is -2.51. The smallest absolute Gasteiger partial charge is 0.410 e. The Morgan fingerprint density at radius 1 is 1.47 bits per heavy atom. The number of rotatable bonds is 0. The second-order valence-electron chi connectivity index (χ2n) is 4.92.